The third-order valence-electron chi connectivity index (χ3n) is 1.65. The molecule has 0 atom stereocenters. The van der Waals surface area contributed by atoms with E-state index in [0.29, 0.717) is 10.2 Å². The van der Waals surface area contributed by atoms with Gasteiger partial charge in [-0.25, -0.2) is 4.79 Å². The van der Waals surface area contributed by atoms with Crippen LogP contribution >= 0.6 is 15.9 Å². The van der Waals surface area contributed by atoms with E-state index in [9.17, 15) is 4.79 Å². The Labute approximate surface area is 83.0 Å². The van der Waals surface area contributed by atoms with E-state index in [2.05, 4.69) is 21.0 Å². The average molecular weight is 246 g/mol. The fraction of sp³-hybridized carbons (Fsp3) is 0.143. The van der Waals surface area contributed by atoms with Crippen molar-refractivity contribution in [1.29, 1.82) is 0 Å². The van der Waals surface area contributed by atoms with Crippen LogP contribution in [0.5, 0.6) is 0 Å². The van der Waals surface area contributed by atoms with Crippen molar-refractivity contribution in [3.05, 3.63) is 21.9 Å². The number of aromatic nitrogens is 1. The lowest BCUT2D eigenvalue weighted by Gasteiger charge is -1.99. The van der Waals surface area contributed by atoms with Gasteiger partial charge in [-0.2, -0.15) is 5.10 Å². The van der Waals surface area contributed by atoms with E-state index in [1.807, 2.05) is 0 Å². The summed E-state index contributed by atoms with van der Waals surface area (Å²) in [6.07, 6.45) is 1.39. The molecule has 5 nitrogen and oxygen atoms in total. The maximum absolute atomic E-state index is 10.7. The first kappa shape index (κ1) is 9.79. The average Bonchev–Trinajstić information content (AvgIpc) is 2.32. The van der Waals surface area contributed by atoms with Gasteiger partial charge in [0, 0.05) is 11.5 Å². The maximum Gasteiger partial charge on any atom is 0.352 e. The van der Waals surface area contributed by atoms with E-state index in [1.54, 1.807) is 7.05 Å². The number of halogens is 1. The molecule has 0 saturated heterocycles. The second-order valence-corrected chi connectivity index (χ2v) is 3.26. The van der Waals surface area contributed by atoms with Crippen LogP contribution in [0.4, 0.5) is 0 Å². The lowest BCUT2D eigenvalue weighted by atomic mass is 10.4. The SMILES string of the molecule is Cn1c(C(=O)O)cc(Br)c1/C=N/N. The minimum Gasteiger partial charge on any atom is -0.477 e. The smallest absolute Gasteiger partial charge is 0.352 e. The molecule has 1 heterocycles. The van der Waals surface area contributed by atoms with Gasteiger partial charge < -0.3 is 15.5 Å². The van der Waals surface area contributed by atoms with Crippen molar-refractivity contribution in [1.82, 2.24) is 4.57 Å². The fourth-order valence-corrected chi connectivity index (χ4v) is 1.59. The van der Waals surface area contributed by atoms with Crippen molar-refractivity contribution in [2.45, 2.75) is 0 Å². The zero-order valence-corrected chi connectivity index (χ0v) is 8.45. The Balaban J connectivity index is 3.30. The Morgan fingerprint density at radius 3 is 2.85 bits per heavy atom. The molecule has 13 heavy (non-hydrogen) atoms. The second-order valence-electron chi connectivity index (χ2n) is 2.41. The molecule has 1 aromatic heterocycles. The summed E-state index contributed by atoms with van der Waals surface area (Å²) in [6.45, 7) is 0. The van der Waals surface area contributed by atoms with Gasteiger partial charge in [-0.3, -0.25) is 0 Å². The molecule has 0 fully saturated rings. The predicted molar refractivity (Wildman–Crippen MR) is 51.9 cm³/mol. The van der Waals surface area contributed by atoms with Crippen LogP contribution in [0.2, 0.25) is 0 Å². The number of hydrazone groups is 1. The summed E-state index contributed by atoms with van der Waals surface area (Å²) in [6, 6.07) is 1.50. The molecule has 0 aliphatic carbocycles. The van der Waals surface area contributed by atoms with Crippen LogP contribution in [-0.2, 0) is 7.05 Å². The van der Waals surface area contributed by atoms with Crippen LogP contribution in [0.1, 0.15) is 16.2 Å². The summed E-state index contributed by atoms with van der Waals surface area (Å²) in [5.41, 5.74) is 0.807. The monoisotopic (exact) mass is 245 g/mol. The third-order valence-corrected chi connectivity index (χ3v) is 2.28. The minimum absolute atomic E-state index is 0.182. The predicted octanol–water partition coefficient (Wildman–Crippen LogP) is 0.778. The van der Waals surface area contributed by atoms with Crippen molar-refractivity contribution < 1.29 is 9.90 Å². The van der Waals surface area contributed by atoms with E-state index < -0.39 is 5.97 Å². The Kier molecular flexibility index (Phi) is 2.72. The summed E-state index contributed by atoms with van der Waals surface area (Å²) < 4.78 is 2.14. The molecule has 0 unspecified atom stereocenters. The van der Waals surface area contributed by atoms with Crippen LogP contribution in [0, 0.1) is 0 Å². The number of nitrogens with two attached hydrogens (primary N) is 1. The third kappa shape index (κ3) is 1.72. The highest BCUT2D eigenvalue weighted by Gasteiger charge is 2.13. The fourth-order valence-electron chi connectivity index (χ4n) is 1.00. The highest BCUT2D eigenvalue weighted by Crippen LogP contribution is 2.19. The standard InChI is InChI=1S/C7H8BrN3O2/c1-11-5(7(12)13)2-4(8)6(11)3-10-9/h2-3H,9H2,1H3,(H,12,13)/b10-3+. The molecule has 0 aliphatic heterocycles. The summed E-state index contributed by atoms with van der Waals surface area (Å²) >= 11 is 3.21. The van der Waals surface area contributed by atoms with Gasteiger partial charge in [0.2, 0.25) is 0 Å². The number of hydrogen-bond donors (Lipinski definition) is 2. The molecule has 1 aromatic rings. The topological polar surface area (TPSA) is 80.6 Å². The zero-order chi connectivity index (χ0) is 10.0. The van der Waals surface area contributed by atoms with Crippen molar-refractivity contribution in [3.8, 4) is 0 Å². The lowest BCUT2D eigenvalue weighted by molar-refractivity contribution is 0.0686. The summed E-state index contributed by atoms with van der Waals surface area (Å²) in [7, 11) is 1.63. The molecule has 0 radical (unpaired) electrons. The summed E-state index contributed by atoms with van der Waals surface area (Å²) in [5.74, 6) is 3.99. The van der Waals surface area contributed by atoms with Gasteiger partial charge in [-0.15, -0.1) is 0 Å². The molecule has 0 spiro atoms. The molecule has 0 saturated carbocycles. The van der Waals surface area contributed by atoms with Crippen LogP contribution in [-0.4, -0.2) is 21.9 Å². The number of hydrogen-bond acceptors (Lipinski definition) is 3. The molecule has 0 aromatic carbocycles. The first-order chi connectivity index (χ1) is 6.07. The largest absolute Gasteiger partial charge is 0.477 e. The van der Waals surface area contributed by atoms with E-state index in [-0.39, 0.29) is 5.69 Å². The first-order valence-electron chi connectivity index (χ1n) is 3.39. The van der Waals surface area contributed by atoms with Crippen molar-refractivity contribution >= 4 is 28.1 Å². The van der Waals surface area contributed by atoms with Gasteiger partial charge in [0.15, 0.2) is 0 Å². The zero-order valence-electron chi connectivity index (χ0n) is 6.86. The van der Waals surface area contributed by atoms with E-state index >= 15 is 0 Å². The van der Waals surface area contributed by atoms with Crippen LogP contribution in [0.15, 0.2) is 15.6 Å². The molecule has 0 amide bonds. The van der Waals surface area contributed by atoms with Gasteiger partial charge in [0.05, 0.1) is 11.9 Å². The second kappa shape index (κ2) is 3.61. The molecule has 70 valence electrons. The van der Waals surface area contributed by atoms with E-state index in [4.69, 9.17) is 10.9 Å². The molecule has 0 aliphatic rings. The Morgan fingerprint density at radius 2 is 2.46 bits per heavy atom. The van der Waals surface area contributed by atoms with E-state index in [0.717, 1.165) is 0 Å². The molecular formula is C7H8BrN3O2. The molecule has 3 N–H and O–H groups in total. The van der Waals surface area contributed by atoms with Gasteiger partial charge >= 0.3 is 5.97 Å². The highest BCUT2D eigenvalue weighted by atomic mass is 79.9. The summed E-state index contributed by atoms with van der Waals surface area (Å²) in [4.78, 5) is 10.7. The first-order valence-corrected chi connectivity index (χ1v) is 4.19. The van der Waals surface area contributed by atoms with Gasteiger partial charge in [0.1, 0.15) is 5.69 Å². The highest BCUT2D eigenvalue weighted by molar-refractivity contribution is 9.10. The molecule has 6 heteroatoms. The van der Waals surface area contributed by atoms with Crippen LogP contribution < -0.4 is 5.84 Å². The number of nitrogens with zero attached hydrogens (tertiary/aromatic N) is 2. The van der Waals surface area contributed by atoms with Crippen molar-refractivity contribution in [2.75, 3.05) is 0 Å². The number of carbonyl (C=O) groups is 1. The maximum atomic E-state index is 10.7. The Hall–Kier alpha value is -1.30. The molecule has 0 bridgehead atoms. The van der Waals surface area contributed by atoms with Gasteiger partial charge in [-0.05, 0) is 22.0 Å². The lowest BCUT2D eigenvalue weighted by Crippen LogP contribution is -2.06. The van der Waals surface area contributed by atoms with E-state index in [1.165, 1.54) is 16.8 Å². The van der Waals surface area contributed by atoms with Gasteiger partial charge in [0.25, 0.3) is 0 Å². The normalized spacial score (nSPS) is 10.9. The Morgan fingerprint density at radius 1 is 1.85 bits per heavy atom. The number of carboxylic acids is 1. The van der Waals surface area contributed by atoms with Gasteiger partial charge in [-0.1, -0.05) is 0 Å². The van der Waals surface area contributed by atoms with Crippen molar-refractivity contribution in [3.63, 3.8) is 0 Å². The van der Waals surface area contributed by atoms with Crippen LogP contribution in [0.25, 0.3) is 0 Å². The number of rotatable bonds is 2. The molecular weight excluding hydrogens is 238 g/mol. The molecule has 1 rings (SSSR count). The Bertz CT molecular complexity index is 370. The van der Waals surface area contributed by atoms with Crippen LogP contribution in [0.3, 0.4) is 0 Å². The quantitative estimate of drug-likeness (QED) is 0.459. The minimum atomic E-state index is -0.986. The van der Waals surface area contributed by atoms with Crippen molar-refractivity contribution in [2.24, 2.45) is 18.0 Å². The number of aromatic carboxylic acids is 1. The summed E-state index contributed by atoms with van der Waals surface area (Å²) in [5, 5.41) is 12.1. The number of carboxylic acid groups (broad SMARTS) is 1.